The zero-order valence-electron chi connectivity index (χ0n) is 11.8. The van der Waals surface area contributed by atoms with E-state index in [0.717, 1.165) is 25.0 Å². The second kappa shape index (κ2) is 6.75. The number of halogens is 1. The van der Waals surface area contributed by atoms with Gasteiger partial charge < -0.3 is 9.64 Å². The van der Waals surface area contributed by atoms with Crippen molar-refractivity contribution in [1.29, 1.82) is 0 Å². The van der Waals surface area contributed by atoms with Crippen LogP contribution < -0.4 is 4.74 Å². The molecule has 1 aliphatic rings. The minimum atomic E-state index is -0.0156. The van der Waals surface area contributed by atoms with Crippen molar-refractivity contribution in [1.82, 2.24) is 9.88 Å². The van der Waals surface area contributed by atoms with Gasteiger partial charge in [0.1, 0.15) is 16.9 Å². The summed E-state index contributed by atoms with van der Waals surface area (Å²) in [6, 6.07) is 1.75. The Hall–Kier alpha value is -1.55. The van der Waals surface area contributed by atoms with E-state index in [1.165, 1.54) is 0 Å². The van der Waals surface area contributed by atoms with Crippen LogP contribution >= 0.6 is 11.6 Å². The summed E-state index contributed by atoms with van der Waals surface area (Å²) in [5, 5.41) is 0.500. The van der Waals surface area contributed by atoms with Gasteiger partial charge in [-0.3, -0.25) is 9.78 Å². The number of carbonyl (C=O) groups excluding carboxylic acids is 1. The summed E-state index contributed by atoms with van der Waals surface area (Å²) in [6.07, 6.45) is 6.73. The third-order valence-electron chi connectivity index (χ3n) is 3.13. The molecule has 0 spiro atoms. The van der Waals surface area contributed by atoms with Crippen LogP contribution in [0.1, 0.15) is 26.7 Å². The van der Waals surface area contributed by atoms with Gasteiger partial charge in [-0.1, -0.05) is 17.2 Å². The van der Waals surface area contributed by atoms with Crippen LogP contribution in [-0.2, 0) is 4.79 Å². The lowest BCUT2D eigenvalue weighted by Gasteiger charge is -2.32. The molecule has 108 valence electrons. The van der Waals surface area contributed by atoms with Crippen LogP contribution in [0.4, 0.5) is 0 Å². The zero-order valence-corrected chi connectivity index (χ0v) is 12.6. The fourth-order valence-corrected chi connectivity index (χ4v) is 2.37. The number of ether oxygens (including phenoxy) is 1. The molecule has 0 bridgehead atoms. The average molecular weight is 295 g/mol. The quantitative estimate of drug-likeness (QED) is 0.805. The lowest BCUT2D eigenvalue weighted by Crippen LogP contribution is -2.43. The molecule has 1 fully saturated rings. The Bertz CT molecular complexity index is 512. The summed E-state index contributed by atoms with van der Waals surface area (Å²) in [6.45, 7) is 5.23. The Morgan fingerprint density at radius 3 is 3.05 bits per heavy atom. The van der Waals surface area contributed by atoms with Crippen molar-refractivity contribution in [3.63, 3.8) is 0 Å². The molecule has 20 heavy (non-hydrogen) atoms. The molecule has 1 amide bonds. The van der Waals surface area contributed by atoms with Gasteiger partial charge in [0.2, 0.25) is 5.91 Å². The van der Waals surface area contributed by atoms with E-state index in [1.54, 1.807) is 24.5 Å². The summed E-state index contributed by atoms with van der Waals surface area (Å²) in [5.74, 6) is 0.683. The highest BCUT2D eigenvalue weighted by Gasteiger charge is 2.24. The van der Waals surface area contributed by atoms with Crippen LogP contribution in [0, 0.1) is 0 Å². The lowest BCUT2D eigenvalue weighted by atomic mass is 10.1. The van der Waals surface area contributed by atoms with Gasteiger partial charge in [0.15, 0.2) is 0 Å². The van der Waals surface area contributed by atoms with Crippen molar-refractivity contribution in [3.05, 3.63) is 35.1 Å². The Labute approximate surface area is 124 Å². The van der Waals surface area contributed by atoms with Gasteiger partial charge in [-0.05, 0) is 26.7 Å². The van der Waals surface area contributed by atoms with E-state index < -0.39 is 0 Å². The van der Waals surface area contributed by atoms with Gasteiger partial charge in [-0.25, -0.2) is 0 Å². The number of amides is 1. The number of pyridine rings is 1. The monoisotopic (exact) mass is 294 g/mol. The van der Waals surface area contributed by atoms with Crippen LogP contribution in [-0.4, -0.2) is 35.0 Å². The molecule has 0 radical (unpaired) electrons. The number of carbonyl (C=O) groups is 1. The molecule has 1 aromatic heterocycles. The number of piperidine rings is 1. The number of rotatable bonds is 3. The average Bonchev–Trinajstić information content (AvgIpc) is 2.41. The first-order chi connectivity index (χ1) is 9.56. The van der Waals surface area contributed by atoms with Crippen LogP contribution in [0.15, 0.2) is 30.1 Å². The molecule has 2 heterocycles. The van der Waals surface area contributed by atoms with Gasteiger partial charge in [-0.2, -0.15) is 0 Å². The summed E-state index contributed by atoms with van der Waals surface area (Å²) in [4.78, 5) is 17.8. The zero-order chi connectivity index (χ0) is 14.5. The second-order valence-electron chi connectivity index (χ2n) is 5.19. The maximum atomic E-state index is 12.0. The molecule has 5 heteroatoms. The third kappa shape index (κ3) is 3.97. The van der Waals surface area contributed by atoms with Crippen LogP contribution in [0.3, 0.4) is 0 Å². The maximum Gasteiger partial charge on any atom is 0.246 e. The summed E-state index contributed by atoms with van der Waals surface area (Å²) < 4.78 is 5.88. The highest BCUT2D eigenvalue weighted by atomic mass is 35.5. The van der Waals surface area contributed by atoms with Crippen molar-refractivity contribution < 1.29 is 9.53 Å². The van der Waals surface area contributed by atoms with E-state index in [0.29, 0.717) is 17.3 Å². The van der Waals surface area contributed by atoms with Gasteiger partial charge in [0, 0.05) is 31.1 Å². The first-order valence-corrected chi connectivity index (χ1v) is 7.14. The molecular weight excluding hydrogens is 276 g/mol. The van der Waals surface area contributed by atoms with Gasteiger partial charge in [0.05, 0.1) is 6.54 Å². The smallest absolute Gasteiger partial charge is 0.246 e. The van der Waals surface area contributed by atoms with E-state index >= 15 is 0 Å². The van der Waals surface area contributed by atoms with Crippen molar-refractivity contribution in [2.45, 2.75) is 32.8 Å². The maximum absolute atomic E-state index is 12.0. The van der Waals surface area contributed by atoms with E-state index in [1.807, 2.05) is 18.7 Å². The number of aromatic nitrogens is 1. The predicted octanol–water partition coefficient (Wildman–Crippen LogP) is 3.07. The first-order valence-electron chi connectivity index (χ1n) is 6.76. The molecule has 2 rings (SSSR count). The fourth-order valence-electron chi connectivity index (χ4n) is 2.21. The molecule has 0 saturated carbocycles. The van der Waals surface area contributed by atoms with E-state index in [-0.39, 0.29) is 12.0 Å². The molecule has 0 aromatic carbocycles. The van der Waals surface area contributed by atoms with Crippen molar-refractivity contribution in [2.24, 2.45) is 0 Å². The summed E-state index contributed by atoms with van der Waals surface area (Å²) in [7, 11) is 0. The molecule has 1 saturated heterocycles. The molecule has 0 aliphatic carbocycles. The van der Waals surface area contributed by atoms with Crippen LogP contribution in [0.5, 0.6) is 5.75 Å². The Morgan fingerprint density at radius 2 is 2.35 bits per heavy atom. The number of allylic oxidation sites excluding steroid dienone is 1. The predicted molar refractivity (Wildman–Crippen MR) is 78.9 cm³/mol. The van der Waals surface area contributed by atoms with Crippen molar-refractivity contribution >= 4 is 17.5 Å². The van der Waals surface area contributed by atoms with Crippen LogP contribution in [0.2, 0.25) is 5.02 Å². The van der Waals surface area contributed by atoms with E-state index in [4.69, 9.17) is 16.3 Å². The lowest BCUT2D eigenvalue weighted by molar-refractivity contribution is -0.128. The first kappa shape index (κ1) is 14.9. The minimum absolute atomic E-state index is 0.0156. The van der Waals surface area contributed by atoms with Gasteiger partial charge >= 0.3 is 0 Å². The largest absolute Gasteiger partial charge is 0.487 e. The Morgan fingerprint density at radius 1 is 1.55 bits per heavy atom. The topological polar surface area (TPSA) is 42.4 Å². The molecular formula is C15H19ClN2O2. The van der Waals surface area contributed by atoms with Crippen LogP contribution in [0.25, 0.3) is 0 Å². The van der Waals surface area contributed by atoms with E-state index in [9.17, 15) is 4.79 Å². The fraction of sp³-hybridized carbons (Fsp3) is 0.467. The number of likely N-dealkylation sites (tertiary alicyclic amines) is 1. The summed E-state index contributed by atoms with van der Waals surface area (Å²) in [5.41, 5.74) is 1.01. The second-order valence-corrected chi connectivity index (χ2v) is 5.60. The third-order valence-corrected chi connectivity index (χ3v) is 3.41. The van der Waals surface area contributed by atoms with Gasteiger partial charge in [-0.15, -0.1) is 0 Å². The Balaban J connectivity index is 1.99. The summed E-state index contributed by atoms with van der Waals surface area (Å²) >= 11 is 6.03. The standard InChI is InChI=1S/C15H19ClN2O2/c1-11(2)8-15(19)18-7-3-4-12(10-18)20-14-5-6-17-9-13(14)16/h5-6,8-9,12H,3-4,7,10H2,1-2H3/t12-/m0/s1. The SMILES string of the molecule is CC(C)=CC(=O)N1CCC[C@H](Oc2ccncc2Cl)C1. The molecule has 1 aromatic rings. The number of hydrogen-bond acceptors (Lipinski definition) is 3. The molecule has 0 unspecified atom stereocenters. The van der Waals surface area contributed by atoms with Crippen molar-refractivity contribution in [3.8, 4) is 5.75 Å². The molecule has 1 atom stereocenters. The number of hydrogen-bond donors (Lipinski definition) is 0. The number of nitrogens with zero attached hydrogens (tertiary/aromatic N) is 2. The Kier molecular flexibility index (Phi) is 5.01. The minimum Gasteiger partial charge on any atom is -0.487 e. The highest BCUT2D eigenvalue weighted by molar-refractivity contribution is 6.31. The molecule has 0 N–H and O–H groups in total. The van der Waals surface area contributed by atoms with Gasteiger partial charge in [0.25, 0.3) is 0 Å². The van der Waals surface area contributed by atoms with E-state index in [2.05, 4.69) is 4.98 Å². The normalized spacial score (nSPS) is 18.6. The highest BCUT2D eigenvalue weighted by Crippen LogP contribution is 2.25. The molecule has 4 nitrogen and oxygen atoms in total. The van der Waals surface area contributed by atoms with Crippen molar-refractivity contribution in [2.75, 3.05) is 13.1 Å². The molecule has 1 aliphatic heterocycles.